The van der Waals surface area contributed by atoms with E-state index in [-0.39, 0.29) is 5.97 Å². The van der Waals surface area contributed by atoms with Gasteiger partial charge in [0.25, 0.3) is 0 Å². The first-order valence-corrected chi connectivity index (χ1v) is 16.5. The summed E-state index contributed by atoms with van der Waals surface area (Å²) < 4.78 is 5.07. The van der Waals surface area contributed by atoms with Crippen molar-refractivity contribution in [1.82, 2.24) is 25.4 Å². The number of fused-ring (bicyclic) bond motifs is 2. The van der Waals surface area contributed by atoms with E-state index in [0.717, 1.165) is 61.3 Å². The molecule has 0 aliphatic carbocycles. The van der Waals surface area contributed by atoms with E-state index in [2.05, 4.69) is 48.1 Å². The average molecular weight is 668 g/mol. The van der Waals surface area contributed by atoms with Crippen LogP contribution in [-0.2, 0) is 4.74 Å². The molecule has 0 radical (unpaired) electrons. The number of esters is 1. The predicted octanol–water partition coefficient (Wildman–Crippen LogP) is 9.65. The fourth-order valence-corrected chi connectivity index (χ4v) is 5.66. The van der Waals surface area contributed by atoms with Gasteiger partial charge in [0.05, 0.1) is 24.1 Å². The second kappa shape index (κ2) is 15.5. The van der Waals surface area contributed by atoms with Crippen LogP contribution in [0.25, 0.3) is 44.1 Å². The SMILES string of the molecule is CCOC(=O)c1cccc(Nc2nnc(-c3ccccc3)c3ccccc23)c1.c1ccc(-c2nnc(Nc3cccnc3)c3ccccc23)cc1. The standard InChI is InChI=1S/C23H19N3O2.C19H14N4/c1-2-28-23(27)17-11-8-12-18(15-17)24-22-20-14-7-6-13-19(20)21(25-26-22)16-9-4-3-5-10-16;1-2-7-14(8-3-1)18-16-10-4-5-11-17(16)19(23-22-18)21-15-9-6-12-20-13-15/h3-15H,2H2,1H3,(H,24,26);1-13H,(H,21,23). The van der Waals surface area contributed by atoms with E-state index in [1.807, 2.05) is 121 Å². The molecular formula is C42H33N7O2. The van der Waals surface area contributed by atoms with Crippen LogP contribution < -0.4 is 10.6 Å². The van der Waals surface area contributed by atoms with Gasteiger partial charge in [-0.3, -0.25) is 4.98 Å². The van der Waals surface area contributed by atoms with Gasteiger partial charge in [0, 0.05) is 44.6 Å². The molecule has 248 valence electrons. The zero-order chi connectivity index (χ0) is 34.8. The van der Waals surface area contributed by atoms with Crippen LogP contribution in [0.4, 0.5) is 23.0 Å². The average Bonchev–Trinajstić information content (AvgIpc) is 3.20. The molecule has 8 rings (SSSR count). The topological polar surface area (TPSA) is 115 Å². The number of carbonyl (C=O) groups is 1. The van der Waals surface area contributed by atoms with Crippen molar-refractivity contribution in [2.24, 2.45) is 0 Å². The summed E-state index contributed by atoms with van der Waals surface area (Å²) >= 11 is 0. The molecule has 0 amide bonds. The monoisotopic (exact) mass is 667 g/mol. The second-order valence-corrected chi connectivity index (χ2v) is 11.4. The molecule has 3 aromatic heterocycles. The number of nitrogens with zero attached hydrogens (tertiary/aromatic N) is 5. The van der Waals surface area contributed by atoms with Gasteiger partial charge in [-0.1, -0.05) is 115 Å². The summed E-state index contributed by atoms with van der Waals surface area (Å²) in [4.78, 5) is 16.1. The predicted molar refractivity (Wildman–Crippen MR) is 203 cm³/mol. The van der Waals surface area contributed by atoms with Crippen molar-refractivity contribution >= 4 is 50.5 Å². The van der Waals surface area contributed by atoms with Gasteiger partial charge in [-0.05, 0) is 37.3 Å². The first kappa shape index (κ1) is 32.5. The number of rotatable bonds is 8. The molecule has 9 heteroatoms. The third-order valence-corrected chi connectivity index (χ3v) is 8.03. The number of pyridine rings is 1. The minimum absolute atomic E-state index is 0.341. The number of ether oxygens (including phenoxy) is 1. The van der Waals surface area contributed by atoms with Gasteiger partial charge in [0.2, 0.25) is 0 Å². The number of anilines is 4. The number of aromatic nitrogens is 5. The van der Waals surface area contributed by atoms with E-state index in [9.17, 15) is 4.79 Å². The van der Waals surface area contributed by atoms with Crippen LogP contribution in [-0.4, -0.2) is 38.0 Å². The molecule has 0 aliphatic heterocycles. The van der Waals surface area contributed by atoms with Gasteiger partial charge in [-0.15, -0.1) is 20.4 Å². The molecule has 51 heavy (non-hydrogen) atoms. The molecular weight excluding hydrogens is 635 g/mol. The zero-order valence-electron chi connectivity index (χ0n) is 27.8. The molecule has 5 aromatic carbocycles. The van der Waals surface area contributed by atoms with E-state index in [1.165, 1.54) is 0 Å². The van der Waals surface area contributed by atoms with Crippen LogP contribution in [0, 0.1) is 0 Å². The molecule has 3 heterocycles. The van der Waals surface area contributed by atoms with Crippen LogP contribution in [0.3, 0.4) is 0 Å². The third-order valence-electron chi connectivity index (χ3n) is 8.03. The van der Waals surface area contributed by atoms with Crippen LogP contribution in [0.15, 0.2) is 158 Å². The number of nitrogens with one attached hydrogen (secondary N) is 2. The van der Waals surface area contributed by atoms with E-state index in [0.29, 0.717) is 18.0 Å². The Morgan fingerprint density at radius 3 is 1.59 bits per heavy atom. The van der Waals surface area contributed by atoms with Crippen LogP contribution in [0.5, 0.6) is 0 Å². The minimum atomic E-state index is -0.346. The first-order chi connectivity index (χ1) is 25.2. The van der Waals surface area contributed by atoms with Crippen molar-refractivity contribution in [1.29, 1.82) is 0 Å². The molecule has 2 N–H and O–H groups in total. The maximum absolute atomic E-state index is 12.0. The zero-order valence-corrected chi connectivity index (χ0v) is 27.8. The fourth-order valence-electron chi connectivity index (χ4n) is 5.66. The normalized spacial score (nSPS) is 10.6. The highest BCUT2D eigenvalue weighted by molar-refractivity contribution is 6.02. The lowest BCUT2D eigenvalue weighted by molar-refractivity contribution is 0.0526. The second-order valence-electron chi connectivity index (χ2n) is 11.4. The molecule has 0 spiro atoms. The van der Waals surface area contributed by atoms with Crippen molar-refractivity contribution in [2.45, 2.75) is 6.92 Å². The lowest BCUT2D eigenvalue weighted by atomic mass is 10.0. The maximum Gasteiger partial charge on any atom is 0.338 e. The van der Waals surface area contributed by atoms with Gasteiger partial charge in [-0.2, -0.15) is 0 Å². The molecule has 9 nitrogen and oxygen atoms in total. The summed E-state index contributed by atoms with van der Waals surface area (Å²) in [5.74, 6) is 1.02. The van der Waals surface area contributed by atoms with E-state index >= 15 is 0 Å². The molecule has 0 aliphatic rings. The lowest BCUT2D eigenvalue weighted by Gasteiger charge is -2.12. The van der Waals surface area contributed by atoms with Crippen LogP contribution in [0.1, 0.15) is 17.3 Å². The van der Waals surface area contributed by atoms with E-state index in [1.54, 1.807) is 31.5 Å². The third kappa shape index (κ3) is 7.53. The Morgan fingerprint density at radius 2 is 1.06 bits per heavy atom. The smallest absolute Gasteiger partial charge is 0.338 e. The number of benzene rings is 5. The van der Waals surface area contributed by atoms with Gasteiger partial charge in [0.1, 0.15) is 11.4 Å². The molecule has 0 saturated carbocycles. The van der Waals surface area contributed by atoms with Crippen molar-refractivity contribution in [3.63, 3.8) is 0 Å². The van der Waals surface area contributed by atoms with Crippen molar-refractivity contribution < 1.29 is 9.53 Å². The van der Waals surface area contributed by atoms with Gasteiger partial charge < -0.3 is 15.4 Å². The van der Waals surface area contributed by atoms with Crippen LogP contribution in [0.2, 0.25) is 0 Å². The molecule has 0 atom stereocenters. The van der Waals surface area contributed by atoms with Gasteiger partial charge in [0.15, 0.2) is 11.6 Å². The Hall–Kier alpha value is -7.00. The molecule has 8 aromatic rings. The first-order valence-electron chi connectivity index (χ1n) is 16.5. The Bertz CT molecular complexity index is 2410. The number of carbonyl (C=O) groups excluding carboxylic acids is 1. The number of hydrogen-bond acceptors (Lipinski definition) is 9. The lowest BCUT2D eigenvalue weighted by Crippen LogP contribution is -2.05. The Balaban J connectivity index is 0.000000162. The van der Waals surface area contributed by atoms with Gasteiger partial charge in [-0.25, -0.2) is 4.79 Å². The largest absolute Gasteiger partial charge is 0.462 e. The van der Waals surface area contributed by atoms with Crippen molar-refractivity contribution in [2.75, 3.05) is 17.2 Å². The summed E-state index contributed by atoms with van der Waals surface area (Å²) in [5.41, 5.74) is 5.92. The summed E-state index contributed by atoms with van der Waals surface area (Å²) in [6.07, 6.45) is 3.51. The highest BCUT2D eigenvalue weighted by Gasteiger charge is 2.13. The van der Waals surface area contributed by atoms with Crippen molar-refractivity contribution in [3.8, 4) is 22.5 Å². The van der Waals surface area contributed by atoms with Crippen LogP contribution >= 0.6 is 0 Å². The van der Waals surface area contributed by atoms with E-state index in [4.69, 9.17) is 4.74 Å². The quantitative estimate of drug-likeness (QED) is 0.153. The maximum atomic E-state index is 12.0. The number of hydrogen-bond donors (Lipinski definition) is 2. The summed E-state index contributed by atoms with van der Waals surface area (Å²) in [7, 11) is 0. The summed E-state index contributed by atoms with van der Waals surface area (Å²) in [6, 6.07) is 47.2. The Kier molecular flexibility index (Phi) is 9.88. The minimum Gasteiger partial charge on any atom is -0.462 e. The van der Waals surface area contributed by atoms with Gasteiger partial charge >= 0.3 is 5.97 Å². The van der Waals surface area contributed by atoms with Crippen molar-refractivity contribution in [3.05, 3.63) is 164 Å². The highest BCUT2D eigenvalue weighted by Crippen LogP contribution is 2.32. The Morgan fingerprint density at radius 1 is 0.549 bits per heavy atom. The molecule has 0 bridgehead atoms. The molecule has 0 fully saturated rings. The Labute approximate surface area is 295 Å². The summed E-state index contributed by atoms with van der Waals surface area (Å²) in [5, 5.41) is 28.3. The molecule has 0 saturated heterocycles. The van der Waals surface area contributed by atoms with E-state index < -0.39 is 0 Å². The summed E-state index contributed by atoms with van der Waals surface area (Å²) in [6.45, 7) is 2.13. The fraction of sp³-hybridized carbons (Fsp3) is 0.0476. The highest BCUT2D eigenvalue weighted by atomic mass is 16.5. The molecule has 0 unspecified atom stereocenters.